The Hall–Kier alpha value is -2.28. The van der Waals surface area contributed by atoms with E-state index in [1.165, 1.54) is 35.2 Å². The smallest absolute Gasteiger partial charge is 0.256 e. The van der Waals surface area contributed by atoms with Gasteiger partial charge in [0.15, 0.2) is 0 Å². The number of hydrogen-bond acceptors (Lipinski definition) is 2. The van der Waals surface area contributed by atoms with Gasteiger partial charge in [-0.15, -0.1) is 0 Å². The third-order valence-electron chi connectivity index (χ3n) is 4.37. The molecule has 136 valence electrons. The number of benzene rings is 2. The molecule has 1 fully saturated rings. The maximum absolute atomic E-state index is 13.9. The number of hydrogen-bond donors (Lipinski definition) is 1. The van der Waals surface area contributed by atoms with Crippen LogP contribution >= 0.6 is 15.9 Å². The largest absolute Gasteiger partial charge is 0.338 e. The first-order valence-corrected chi connectivity index (χ1v) is 9.04. The average molecular weight is 423 g/mol. The lowest BCUT2D eigenvalue weighted by atomic mass is 9.96. The van der Waals surface area contributed by atoms with E-state index in [1.807, 2.05) is 0 Å². The van der Waals surface area contributed by atoms with Crippen LogP contribution < -0.4 is 5.32 Å². The van der Waals surface area contributed by atoms with Gasteiger partial charge >= 0.3 is 0 Å². The normalized spacial score (nSPS) is 17.0. The van der Waals surface area contributed by atoms with E-state index in [1.54, 1.807) is 12.1 Å². The van der Waals surface area contributed by atoms with E-state index < -0.39 is 23.5 Å². The Labute approximate surface area is 158 Å². The number of amides is 2. The fourth-order valence-electron chi connectivity index (χ4n) is 3.01. The van der Waals surface area contributed by atoms with Crippen molar-refractivity contribution in [2.75, 3.05) is 18.4 Å². The second-order valence-electron chi connectivity index (χ2n) is 6.18. The Morgan fingerprint density at radius 1 is 1.12 bits per heavy atom. The molecule has 4 nitrogen and oxygen atoms in total. The highest BCUT2D eigenvalue weighted by atomic mass is 79.9. The number of piperidine rings is 1. The molecule has 0 aromatic heterocycles. The van der Waals surface area contributed by atoms with Crippen LogP contribution in [0.2, 0.25) is 0 Å². The quantitative estimate of drug-likeness (QED) is 0.804. The van der Waals surface area contributed by atoms with Crippen LogP contribution in [0.3, 0.4) is 0 Å². The topological polar surface area (TPSA) is 49.4 Å². The molecule has 3 rings (SSSR count). The Morgan fingerprint density at radius 2 is 1.88 bits per heavy atom. The van der Waals surface area contributed by atoms with Crippen LogP contribution in [0.1, 0.15) is 23.2 Å². The van der Waals surface area contributed by atoms with Gasteiger partial charge in [-0.3, -0.25) is 9.59 Å². The molecule has 2 amide bonds. The standard InChI is InChI=1S/C19H17BrF2N2O2/c20-13-7-8-17(16(22)10-13)23-18(25)12-4-3-9-24(11-12)19(26)14-5-1-2-6-15(14)21/h1-2,5-8,10,12H,3-4,9,11H2,(H,23,25)/t12-/m1/s1. The number of nitrogens with zero attached hydrogens (tertiary/aromatic N) is 1. The van der Waals surface area contributed by atoms with Crippen molar-refractivity contribution in [3.8, 4) is 0 Å². The van der Waals surface area contributed by atoms with E-state index in [0.29, 0.717) is 23.9 Å². The lowest BCUT2D eigenvalue weighted by molar-refractivity contribution is -0.121. The first-order valence-electron chi connectivity index (χ1n) is 8.25. The molecule has 0 saturated carbocycles. The van der Waals surface area contributed by atoms with Crippen LogP contribution in [0, 0.1) is 17.6 Å². The number of nitrogens with one attached hydrogen (secondary N) is 1. The summed E-state index contributed by atoms with van der Waals surface area (Å²) in [6, 6.07) is 10.2. The van der Waals surface area contributed by atoms with Crippen LogP contribution in [-0.2, 0) is 4.79 Å². The highest BCUT2D eigenvalue weighted by molar-refractivity contribution is 9.10. The molecular formula is C19H17BrF2N2O2. The maximum Gasteiger partial charge on any atom is 0.256 e. The molecule has 26 heavy (non-hydrogen) atoms. The van der Waals surface area contributed by atoms with E-state index in [-0.39, 0.29) is 23.7 Å². The molecule has 0 unspecified atom stereocenters. The van der Waals surface area contributed by atoms with Gasteiger partial charge in [-0.1, -0.05) is 28.1 Å². The summed E-state index contributed by atoms with van der Waals surface area (Å²) in [6.07, 6.45) is 1.21. The Balaban J connectivity index is 1.69. The van der Waals surface area contributed by atoms with Crippen molar-refractivity contribution >= 4 is 33.4 Å². The fourth-order valence-corrected chi connectivity index (χ4v) is 3.34. The lowest BCUT2D eigenvalue weighted by Crippen LogP contribution is -2.44. The summed E-state index contributed by atoms with van der Waals surface area (Å²) in [7, 11) is 0. The van der Waals surface area contributed by atoms with Gasteiger partial charge < -0.3 is 10.2 Å². The summed E-state index contributed by atoms with van der Waals surface area (Å²) in [5, 5.41) is 2.57. The lowest BCUT2D eigenvalue weighted by Gasteiger charge is -2.32. The fraction of sp³-hybridized carbons (Fsp3) is 0.263. The molecule has 1 aliphatic rings. The Bertz CT molecular complexity index is 844. The molecule has 0 aliphatic carbocycles. The van der Waals surface area contributed by atoms with Crippen molar-refractivity contribution in [3.05, 3.63) is 64.1 Å². The van der Waals surface area contributed by atoms with Crippen LogP contribution in [0.4, 0.5) is 14.5 Å². The zero-order valence-corrected chi connectivity index (χ0v) is 15.4. The van der Waals surface area contributed by atoms with E-state index in [9.17, 15) is 18.4 Å². The summed E-state index contributed by atoms with van der Waals surface area (Å²) in [6.45, 7) is 0.640. The molecule has 1 heterocycles. The van der Waals surface area contributed by atoms with E-state index >= 15 is 0 Å². The van der Waals surface area contributed by atoms with Gasteiger partial charge in [0, 0.05) is 17.6 Å². The molecule has 1 saturated heterocycles. The monoisotopic (exact) mass is 422 g/mol. The van der Waals surface area contributed by atoms with Gasteiger partial charge in [0.2, 0.25) is 5.91 Å². The summed E-state index contributed by atoms with van der Waals surface area (Å²) in [5.74, 6) is -2.38. The molecular weight excluding hydrogens is 406 g/mol. The molecule has 2 aromatic carbocycles. The van der Waals surface area contributed by atoms with Crippen LogP contribution in [0.15, 0.2) is 46.9 Å². The summed E-state index contributed by atoms with van der Waals surface area (Å²) < 4.78 is 28.3. The number of halogens is 3. The predicted octanol–water partition coefficient (Wildman–Crippen LogP) is 4.22. The second-order valence-corrected chi connectivity index (χ2v) is 7.10. The number of likely N-dealkylation sites (tertiary alicyclic amines) is 1. The van der Waals surface area contributed by atoms with E-state index in [0.717, 1.165) is 0 Å². The SMILES string of the molecule is O=C(Nc1ccc(Br)cc1F)[C@@H]1CCCN(C(=O)c2ccccc2F)C1. The van der Waals surface area contributed by atoms with Gasteiger partial charge in [-0.05, 0) is 43.2 Å². The zero-order valence-electron chi connectivity index (χ0n) is 13.8. The summed E-state index contributed by atoms with van der Waals surface area (Å²) >= 11 is 3.16. The van der Waals surface area contributed by atoms with Crippen molar-refractivity contribution < 1.29 is 18.4 Å². The number of carbonyl (C=O) groups excluding carboxylic acids is 2. The van der Waals surface area contributed by atoms with E-state index in [2.05, 4.69) is 21.2 Å². The second kappa shape index (κ2) is 7.95. The van der Waals surface area contributed by atoms with Crippen LogP contribution in [0.5, 0.6) is 0 Å². The van der Waals surface area contributed by atoms with Gasteiger partial charge in [0.05, 0.1) is 17.2 Å². The number of rotatable bonds is 3. The third-order valence-corrected chi connectivity index (χ3v) is 4.87. The van der Waals surface area contributed by atoms with Crippen molar-refractivity contribution in [1.82, 2.24) is 4.90 Å². The summed E-state index contributed by atoms with van der Waals surface area (Å²) in [4.78, 5) is 26.5. The molecule has 0 bridgehead atoms. The highest BCUT2D eigenvalue weighted by Gasteiger charge is 2.30. The zero-order chi connectivity index (χ0) is 18.7. The maximum atomic E-state index is 13.9. The highest BCUT2D eigenvalue weighted by Crippen LogP contribution is 2.23. The summed E-state index contributed by atoms with van der Waals surface area (Å²) in [5.41, 5.74) is 0.0864. The molecule has 0 radical (unpaired) electrons. The molecule has 7 heteroatoms. The number of anilines is 1. The van der Waals surface area contributed by atoms with Crippen molar-refractivity contribution in [1.29, 1.82) is 0 Å². The molecule has 1 atom stereocenters. The molecule has 1 aliphatic heterocycles. The third kappa shape index (κ3) is 4.09. The van der Waals surface area contributed by atoms with Gasteiger partial charge in [-0.2, -0.15) is 0 Å². The molecule has 0 spiro atoms. The minimum atomic E-state index is -0.582. The first-order chi connectivity index (χ1) is 12.5. The van der Waals surface area contributed by atoms with Gasteiger partial charge in [0.25, 0.3) is 5.91 Å². The van der Waals surface area contributed by atoms with Gasteiger partial charge in [0.1, 0.15) is 11.6 Å². The number of carbonyl (C=O) groups is 2. The van der Waals surface area contributed by atoms with Crippen molar-refractivity contribution in [3.63, 3.8) is 0 Å². The van der Waals surface area contributed by atoms with Crippen molar-refractivity contribution in [2.45, 2.75) is 12.8 Å². The minimum Gasteiger partial charge on any atom is -0.338 e. The molecule has 1 N–H and O–H groups in total. The molecule has 2 aromatic rings. The average Bonchev–Trinajstić information content (AvgIpc) is 2.64. The Kier molecular flexibility index (Phi) is 5.66. The van der Waals surface area contributed by atoms with Crippen molar-refractivity contribution in [2.24, 2.45) is 5.92 Å². The van der Waals surface area contributed by atoms with Gasteiger partial charge in [-0.25, -0.2) is 8.78 Å². The van der Waals surface area contributed by atoms with Crippen LogP contribution in [-0.4, -0.2) is 29.8 Å². The van der Waals surface area contributed by atoms with Crippen LogP contribution in [0.25, 0.3) is 0 Å². The first kappa shape index (κ1) is 18.5. The Morgan fingerprint density at radius 3 is 2.62 bits per heavy atom. The van der Waals surface area contributed by atoms with E-state index in [4.69, 9.17) is 0 Å². The minimum absolute atomic E-state index is 0.00693. The predicted molar refractivity (Wildman–Crippen MR) is 97.8 cm³/mol.